The van der Waals surface area contributed by atoms with E-state index >= 15 is 0 Å². The molecule has 1 aromatic heterocycles. The van der Waals surface area contributed by atoms with E-state index in [1.807, 2.05) is 12.1 Å². The Morgan fingerprint density at radius 2 is 2.24 bits per heavy atom. The van der Waals surface area contributed by atoms with Crippen molar-refractivity contribution in [3.63, 3.8) is 0 Å². The summed E-state index contributed by atoms with van der Waals surface area (Å²) >= 11 is 0. The van der Waals surface area contributed by atoms with Crippen molar-refractivity contribution >= 4 is 0 Å². The Kier molecular flexibility index (Phi) is 6.58. The molecular weight excluding hydrogens is 216 g/mol. The normalized spacial score (nSPS) is 12.4. The van der Waals surface area contributed by atoms with Crippen LogP contribution in [0.4, 0.5) is 0 Å². The van der Waals surface area contributed by atoms with E-state index in [1.54, 1.807) is 13.3 Å². The van der Waals surface area contributed by atoms with Gasteiger partial charge in [0.15, 0.2) is 0 Å². The number of methoxy groups -OCH3 is 1. The first-order valence-electron chi connectivity index (χ1n) is 6.13. The molecule has 0 aromatic carbocycles. The van der Waals surface area contributed by atoms with Gasteiger partial charge in [-0.15, -0.1) is 0 Å². The average Bonchev–Trinajstić information content (AvgIpc) is 2.38. The van der Waals surface area contributed by atoms with Gasteiger partial charge in [0.05, 0.1) is 19.8 Å². The minimum Gasteiger partial charge on any atom is -0.481 e. The molecule has 1 N–H and O–H groups in total. The van der Waals surface area contributed by atoms with Crippen LogP contribution in [0.3, 0.4) is 0 Å². The van der Waals surface area contributed by atoms with E-state index in [-0.39, 0.29) is 6.04 Å². The van der Waals surface area contributed by atoms with Crippen molar-refractivity contribution in [2.24, 2.45) is 0 Å². The second-order valence-corrected chi connectivity index (χ2v) is 3.79. The SMILES string of the molecule is CCCOCC(NCC)c1cccnc1OC. The number of pyridine rings is 1. The molecule has 0 bridgehead atoms. The predicted octanol–water partition coefficient (Wildman–Crippen LogP) is 2.17. The van der Waals surface area contributed by atoms with Crippen LogP contribution in [0.15, 0.2) is 18.3 Å². The fourth-order valence-corrected chi connectivity index (χ4v) is 1.69. The lowest BCUT2D eigenvalue weighted by Crippen LogP contribution is -2.26. The predicted molar refractivity (Wildman–Crippen MR) is 68.3 cm³/mol. The molecule has 1 rings (SSSR count). The van der Waals surface area contributed by atoms with Gasteiger partial charge in [-0.1, -0.05) is 19.9 Å². The number of nitrogens with zero attached hydrogens (tertiary/aromatic N) is 1. The minimum absolute atomic E-state index is 0.134. The van der Waals surface area contributed by atoms with Gasteiger partial charge in [0.2, 0.25) is 5.88 Å². The van der Waals surface area contributed by atoms with Crippen molar-refractivity contribution in [3.05, 3.63) is 23.9 Å². The maximum absolute atomic E-state index is 5.61. The van der Waals surface area contributed by atoms with E-state index in [4.69, 9.17) is 9.47 Å². The van der Waals surface area contributed by atoms with Gasteiger partial charge in [0, 0.05) is 18.4 Å². The summed E-state index contributed by atoms with van der Waals surface area (Å²) in [7, 11) is 1.64. The van der Waals surface area contributed by atoms with E-state index < -0.39 is 0 Å². The van der Waals surface area contributed by atoms with Crippen LogP contribution in [0.5, 0.6) is 5.88 Å². The quantitative estimate of drug-likeness (QED) is 0.705. The second kappa shape index (κ2) is 8.03. The molecule has 1 aromatic rings. The highest BCUT2D eigenvalue weighted by Gasteiger charge is 2.15. The molecule has 4 heteroatoms. The molecule has 1 atom stereocenters. The third kappa shape index (κ3) is 4.32. The Morgan fingerprint density at radius 1 is 1.41 bits per heavy atom. The molecule has 96 valence electrons. The largest absolute Gasteiger partial charge is 0.481 e. The molecule has 1 unspecified atom stereocenters. The number of aromatic nitrogens is 1. The van der Waals surface area contributed by atoms with E-state index in [2.05, 4.69) is 24.1 Å². The van der Waals surface area contributed by atoms with Gasteiger partial charge in [-0.2, -0.15) is 0 Å². The van der Waals surface area contributed by atoms with Crippen LogP contribution >= 0.6 is 0 Å². The lowest BCUT2D eigenvalue weighted by molar-refractivity contribution is 0.111. The zero-order valence-corrected chi connectivity index (χ0v) is 10.9. The van der Waals surface area contributed by atoms with Crippen LogP contribution in [-0.4, -0.2) is 31.9 Å². The molecule has 0 amide bonds. The fourth-order valence-electron chi connectivity index (χ4n) is 1.69. The number of nitrogens with one attached hydrogen (secondary N) is 1. The van der Waals surface area contributed by atoms with E-state index in [0.29, 0.717) is 12.5 Å². The Morgan fingerprint density at radius 3 is 2.88 bits per heavy atom. The maximum atomic E-state index is 5.61. The topological polar surface area (TPSA) is 43.4 Å². The Labute approximate surface area is 103 Å². The van der Waals surface area contributed by atoms with Gasteiger partial charge >= 0.3 is 0 Å². The first-order chi connectivity index (χ1) is 8.33. The van der Waals surface area contributed by atoms with Crippen LogP contribution in [0.2, 0.25) is 0 Å². The lowest BCUT2D eigenvalue weighted by Gasteiger charge is -2.19. The second-order valence-electron chi connectivity index (χ2n) is 3.79. The van der Waals surface area contributed by atoms with Gasteiger partial charge in [-0.25, -0.2) is 4.98 Å². The number of rotatable bonds is 8. The van der Waals surface area contributed by atoms with E-state index in [1.165, 1.54) is 0 Å². The number of likely N-dealkylation sites (N-methyl/N-ethyl adjacent to an activating group) is 1. The summed E-state index contributed by atoms with van der Waals surface area (Å²) in [6, 6.07) is 4.08. The van der Waals surface area contributed by atoms with Crippen molar-refractivity contribution in [3.8, 4) is 5.88 Å². The zero-order chi connectivity index (χ0) is 12.5. The third-order valence-corrected chi connectivity index (χ3v) is 2.45. The molecule has 4 nitrogen and oxygen atoms in total. The van der Waals surface area contributed by atoms with Crippen molar-refractivity contribution < 1.29 is 9.47 Å². The molecule has 0 aliphatic carbocycles. The van der Waals surface area contributed by atoms with Gasteiger partial charge in [0.25, 0.3) is 0 Å². The van der Waals surface area contributed by atoms with Gasteiger partial charge in [-0.3, -0.25) is 0 Å². The molecular formula is C13H22N2O2. The van der Waals surface area contributed by atoms with Crippen molar-refractivity contribution in [2.45, 2.75) is 26.3 Å². The molecule has 0 aliphatic rings. The number of hydrogen-bond donors (Lipinski definition) is 1. The first kappa shape index (κ1) is 13.9. The summed E-state index contributed by atoms with van der Waals surface area (Å²) in [5, 5.41) is 3.39. The zero-order valence-electron chi connectivity index (χ0n) is 10.9. The van der Waals surface area contributed by atoms with E-state index in [0.717, 1.165) is 25.1 Å². The molecule has 0 radical (unpaired) electrons. The van der Waals surface area contributed by atoms with Gasteiger partial charge < -0.3 is 14.8 Å². The van der Waals surface area contributed by atoms with E-state index in [9.17, 15) is 0 Å². The van der Waals surface area contributed by atoms with Crippen LogP contribution in [-0.2, 0) is 4.74 Å². The summed E-state index contributed by atoms with van der Waals surface area (Å²) in [6.07, 6.45) is 2.77. The standard InChI is InChI=1S/C13H22N2O2/c1-4-9-17-10-12(14-5-2)11-7-6-8-15-13(11)16-3/h6-8,12,14H,4-5,9-10H2,1-3H3. The average molecular weight is 238 g/mol. The Balaban J connectivity index is 2.73. The van der Waals surface area contributed by atoms with Crippen molar-refractivity contribution in [1.29, 1.82) is 0 Å². The summed E-state index contributed by atoms with van der Waals surface area (Å²) in [6.45, 7) is 6.50. The van der Waals surface area contributed by atoms with Crippen molar-refractivity contribution in [2.75, 3.05) is 26.9 Å². The van der Waals surface area contributed by atoms with Crippen molar-refractivity contribution in [1.82, 2.24) is 10.3 Å². The minimum atomic E-state index is 0.134. The number of hydrogen-bond acceptors (Lipinski definition) is 4. The lowest BCUT2D eigenvalue weighted by atomic mass is 10.1. The maximum Gasteiger partial charge on any atom is 0.217 e. The summed E-state index contributed by atoms with van der Waals surface area (Å²) in [5.74, 6) is 0.665. The molecule has 1 heterocycles. The van der Waals surface area contributed by atoms with Gasteiger partial charge in [-0.05, 0) is 19.0 Å². The van der Waals surface area contributed by atoms with Gasteiger partial charge in [0.1, 0.15) is 0 Å². The summed E-state index contributed by atoms with van der Waals surface area (Å²) < 4.78 is 10.9. The molecule has 17 heavy (non-hydrogen) atoms. The molecule has 0 aliphatic heterocycles. The smallest absolute Gasteiger partial charge is 0.217 e. The molecule has 0 saturated carbocycles. The highest BCUT2D eigenvalue weighted by molar-refractivity contribution is 5.29. The fraction of sp³-hybridized carbons (Fsp3) is 0.615. The van der Waals surface area contributed by atoms with Crippen LogP contribution < -0.4 is 10.1 Å². The van der Waals surface area contributed by atoms with Crippen LogP contribution in [0.1, 0.15) is 31.9 Å². The Bertz CT molecular complexity index is 318. The summed E-state index contributed by atoms with van der Waals surface area (Å²) in [4.78, 5) is 4.21. The molecule has 0 fully saturated rings. The highest BCUT2D eigenvalue weighted by Crippen LogP contribution is 2.22. The highest BCUT2D eigenvalue weighted by atomic mass is 16.5. The van der Waals surface area contributed by atoms with Crippen LogP contribution in [0.25, 0.3) is 0 Å². The number of ether oxygens (including phenoxy) is 2. The third-order valence-electron chi connectivity index (χ3n) is 2.45. The summed E-state index contributed by atoms with van der Waals surface area (Å²) in [5.41, 5.74) is 1.05. The Hall–Kier alpha value is -1.13. The monoisotopic (exact) mass is 238 g/mol. The first-order valence-corrected chi connectivity index (χ1v) is 6.13. The molecule has 0 spiro atoms. The molecule has 0 saturated heterocycles. The van der Waals surface area contributed by atoms with Crippen LogP contribution in [0, 0.1) is 0 Å².